The van der Waals surface area contributed by atoms with Crippen LogP contribution < -0.4 is 4.72 Å². The molecule has 0 aliphatic heterocycles. The molecule has 3 aromatic carbocycles. The highest BCUT2D eigenvalue weighted by Gasteiger charge is 2.26. The number of nitrogens with zero attached hydrogens (tertiary/aromatic N) is 2. The van der Waals surface area contributed by atoms with Crippen molar-refractivity contribution in [3.63, 3.8) is 0 Å². The molecule has 6 heteroatoms. The molecule has 0 aliphatic rings. The van der Waals surface area contributed by atoms with Gasteiger partial charge in [-0.25, -0.2) is 13.4 Å². The number of sulfonamides is 1. The number of aromatic nitrogens is 2. The van der Waals surface area contributed by atoms with E-state index in [0.29, 0.717) is 12.4 Å². The molecule has 0 aliphatic carbocycles. The van der Waals surface area contributed by atoms with Gasteiger partial charge in [0.15, 0.2) is 0 Å². The number of benzene rings is 3. The Labute approximate surface area is 177 Å². The normalized spacial score (nSPS) is 12.6. The summed E-state index contributed by atoms with van der Waals surface area (Å²) in [7, 11) is -3.74. The van der Waals surface area contributed by atoms with Crippen molar-refractivity contribution in [1.82, 2.24) is 14.3 Å². The number of rotatable bonds is 7. The molecule has 0 bridgehead atoms. The van der Waals surface area contributed by atoms with Crippen LogP contribution in [0.1, 0.15) is 28.6 Å². The van der Waals surface area contributed by atoms with E-state index < -0.39 is 16.1 Å². The van der Waals surface area contributed by atoms with Crippen LogP contribution in [0.3, 0.4) is 0 Å². The van der Waals surface area contributed by atoms with Gasteiger partial charge in [-0.2, -0.15) is 4.72 Å². The second kappa shape index (κ2) is 8.65. The molecule has 1 unspecified atom stereocenters. The van der Waals surface area contributed by atoms with Crippen molar-refractivity contribution < 1.29 is 8.42 Å². The first-order valence-electron chi connectivity index (χ1n) is 9.72. The van der Waals surface area contributed by atoms with Gasteiger partial charge >= 0.3 is 0 Å². The fourth-order valence-electron chi connectivity index (χ4n) is 3.35. The van der Waals surface area contributed by atoms with Gasteiger partial charge in [0.25, 0.3) is 0 Å². The van der Waals surface area contributed by atoms with Gasteiger partial charge in [-0.3, -0.25) is 0 Å². The van der Waals surface area contributed by atoms with E-state index in [9.17, 15) is 8.42 Å². The van der Waals surface area contributed by atoms with Gasteiger partial charge in [-0.15, -0.1) is 0 Å². The molecular weight excluding hydrogens is 394 g/mol. The minimum absolute atomic E-state index is 0.232. The van der Waals surface area contributed by atoms with Crippen LogP contribution in [0, 0.1) is 6.92 Å². The summed E-state index contributed by atoms with van der Waals surface area (Å²) < 4.78 is 31.1. The first-order valence-corrected chi connectivity index (χ1v) is 11.2. The molecule has 0 spiro atoms. The molecule has 30 heavy (non-hydrogen) atoms. The lowest BCUT2D eigenvalue weighted by atomic mass is 10.1. The van der Waals surface area contributed by atoms with E-state index in [1.165, 1.54) is 0 Å². The molecule has 5 nitrogen and oxygen atoms in total. The van der Waals surface area contributed by atoms with Gasteiger partial charge in [-0.05, 0) is 30.2 Å². The largest absolute Gasteiger partial charge is 0.329 e. The number of hydrogen-bond acceptors (Lipinski definition) is 3. The van der Waals surface area contributed by atoms with E-state index in [2.05, 4.69) is 9.71 Å². The SMILES string of the molecule is Cc1ccc(S(=O)(=O)NC(c2ccccc2)c2nccn2Cc2ccccc2)cc1. The predicted octanol–water partition coefficient (Wildman–Crippen LogP) is 4.31. The standard InChI is InChI=1S/C24H23N3O2S/c1-19-12-14-22(15-13-19)30(28,29)26-23(21-10-6-3-7-11-21)24-25-16-17-27(24)18-20-8-4-2-5-9-20/h2-17,23,26H,18H2,1H3. The lowest BCUT2D eigenvalue weighted by molar-refractivity contribution is 0.559. The van der Waals surface area contributed by atoms with Crippen LogP contribution >= 0.6 is 0 Å². The Morgan fingerprint density at radius 1 is 0.900 bits per heavy atom. The van der Waals surface area contributed by atoms with Crippen LogP contribution in [0.4, 0.5) is 0 Å². The van der Waals surface area contributed by atoms with E-state index in [0.717, 1.165) is 16.7 Å². The lowest BCUT2D eigenvalue weighted by Crippen LogP contribution is -2.31. The Balaban J connectivity index is 1.72. The van der Waals surface area contributed by atoms with Crippen molar-refractivity contribution in [1.29, 1.82) is 0 Å². The average molecular weight is 418 g/mol. The molecule has 4 aromatic rings. The minimum Gasteiger partial charge on any atom is -0.329 e. The maximum atomic E-state index is 13.1. The summed E-state index contributed by atoms with van der Waals surface area (Å²) in [5.74, 6) is 0.640. The van der Waals surface area contributed by atoms with Crippen LogP contribution in [0.15, 0.2) is 102 Å². The third kappa shape index (κ3) is 4.50. The molecule has 1 atom stereocenters. The van der Waals surface area contributed by atoms with E-state index in [4.69, 9.17) is 0 Å². The second-order valence-corrected chi connectivity index (χ2v) is 8.89. The molecular formula is C24H23N3O2S. The van der Waals surface area contributed by atoms with Gasteiger partial charge < -0.3 is 4.57 Å². The maximum Gasteiger partial charge on any atom is 0.241 e. The summed E-state index contributed by atoms with van der Waals surface area (Å²) in [5, 5.41) is 0. The molecule has 0 radical (unpaired) electrons. The molecule has 4 rings (SSSR count). The molecule has 0 saturated carbocycles. The van der Waals surface area contributed by atoms with Crippen LogP contribution in [0.5, 0.6) is 0 Å². The topological polar surface area (TPSA) is 64.0 Å². The zero-order chi connectivity index (χ0) is 21.0. The number of imidazole rings is 1. The molecule has 0 amide bonds. The third-order valence-electron chi connectivity index (χ3n) is 4.94. The van der Waals surface area contributed by atoms with Crippen molar-refractivity contribution >= 4 is 10.0 Å². The van der Waals surface area contributed by atoms with Crippen LogP contribution in [-0.2, 0) is 16.6 Å². The van der Waals surface area contributed by atoms with Crippen LogP contribution in [0.2, 0.25) is 0 Å². The van der Waals surface area contributed by atoms with Crippen LogP contribution in [-0.4, -0.2) is 18.0 Å². The summed E-state index contributed by atoms with van der Waals surface area (Å²) >= 11 is 0. The maximum absolute atomic E-state index is 13.1. The zero-order valence-corrected chi connectivity index (χ0v) is 17.5. The molecule has 1 heterocycles. The highest BCUT2D eigenvalue weighted by Crippen LogP contribution is 2.24. The third-order valence-corrected chi connectivity index (χ3v) is 6.38. The summed E-state index contributed by atoms with van der Waals surface area (Å²) in [5.41, 5.74) is 2.95. The first kappa shape index (κ1) is 20.1. The quantitative estimate of drug-likeness (QED) is 0.487. The average Bonchev–Trinajstić information content (AvgIpc) is 3.21. The Kier molecular flexibility index (Phi) is 5.79. The van der Waals surface area contributed by atoms with E-state index >= 15 is 0 Å². The highest BCUT2D eigenvalue weighted by molar-refractivity contribution is 7.89. The fourth-order valence-corrected chi connectivity index (χ4v) is 4.53. The Morgan fingerprint density at radius 2 is 1.53 bits per heavy atom. The molecule has 1 N–H and O–H groups in total. The number of hydrogen-bond donors (Lipinski definition) is 1. The summed E-state index contributed by atoms with van der Waals surface area (Å²) in [4.78, 5) is 4.75. The smallest absolute Gasteiger partial charge is 0.241 e. The molecule has 1 aromatic heterocycles. The highest BCUT2D eigenvalue weighted by atomic mass is 32.2. The van der Waals surface area contributed by atoms with E-state index in [-0.39, 0.29) is 4.90 Å². The van der Waals surface area contributed by atoms with Gasteiger partial charge in [0, 0.05) is 18.9 Å². The first-order chi connectivity index (χ1) is 14.5. The van der Waals surface area contributed by atoms with E-state index in [1.54, 1.807) is 30.5 Å². The summed E-state index contributed by atoms with van der Waals surface area (Å²) in [6.45, 7) is 2.53. The van der Waals surface area contributed by atoms with Crippen molar-refractivity contribution in [2.75, 3.05) is 0 Å². The number of aryl methyl sites for hydroxylation is 1. The van der Waals surface area contributed by atoms with Crippen molar-refractivity contribution in [2.24, 2.45) is 0 Å². The molecule has 0 saturated heterocycles. The van der Waals surface area contributed by atoms with Gasteiger partial charge in [0.05, 0.1) is 4.90 Å². The zero-order valence-electron chi connectivity index (χ0n) is 16.6. The van der Waals surface area contributed by atoms with Gasteiger partial charge in [-0.1, -0.05) is 78.4 Å². The Hall–Kier alpha value is -3.22. The van der Waals surface area contributed by atoms with Gasteiger partial charge in [0.2, 0.25) is 10.0 Å². The number of nitrogens with one attached hydrogen (secondary N) is 1. The van der Waals surface area contributed by atoms with Crippen molar-refractivity contribution in [2.45, 2.75) is 24.4 Å². The Bertz CT molecular complexity index is 1200. The lowest BCUT2D eigenvalue weighted by Gasteiger charge is -2.20. The van der Waals surface area contributed by atoms with Crippen molar-refractivity contribution in [3.05, 3.63) is 120 Å². The predicted molar refractivity (Wildman–Crippen MR) is 118 cm³/mol. The second-order valence-electron chi connectivity index (χ2n) is 7.18. The Morgan fingerprint density at radius 3 is 2.20 bits per heavy atom. The van der Waals surface area contributed by atoms with Crippen molar-refractivity contribution in [3.8, 4) is 0 Å². The monoisotopic (exact) mass is 417 g/mol. The van der Waals surface area contributed by atoms with Crippen LogP contribution in [0.25, 0.3) is 0 Å². The molecule has 152 valence electrons. The fraction of sp³-hybridized carbons (Fsp3) is 0.125. The minimum atomic E-state index is -3.74. The summed E-state index contributed by atoms with van der Waals surface area (Å²) in [6.07, 6.45) is 3.58. The van der Waals surface area contributed by atoms with Gasteiger partial charge in [0.1, 0.15) is 11.9 Å². The summed E-state index contributed by atoms with van der Waals surface area (Å²) in [6, 6.07) is 25.8. The molecule has 0 fully saturated rings. The van der Waals surface area contributed by atoms with E-state index in [1.807, 2.05) is 78.4 Å².